The van der Waals surface area contributed by atoms with Gasteiger partial charge in [-0.05, 0) is 39.4 Å². The van der Waals surface area contributed by atoms with Gasteiger partial charge in [-0.3, -0.25) is 4.99 Å². The molecular weight excluding hydrogens is 427 g/mol. The number of aliphatic imine (C=N–C) groups is 1. The highest BCUT2D eigenvalue weighted by atomic mass is 127. The maximum atomic E-state index is 5.52. The van der Waals surface area contributed by atoms with Crippen molar-refractivity contribution in [2.75, 3.05) is 40.8 Å². The zero-order valence-corrected chi connectivity index (χ0v) is 18.8. The minimum atomic E-state index is 0. The van der Waals surface area contributed by atoms with Gasteiger partial charge >= 0.3 is 0 Å². The molecule has 0 aromatic heterocycles. The zero-order valence-electron chi connectivity index (χ0n) is 16.5. The quantitative estimate of drug-likeness (QED) is 0.335. The van der Waals surface area contributed by atoms with Gasteiger partial charge in [0.15, 0.2) is 5.96 Å². The summed E-state index contributed by atoms with van der Waals surface area (Å²) >= 11 is 0. The number of guanidine groups is 1. The molecule has 0 amide bonds. The number of hydrogen-bond donors (Lipinski definition) is 2. The summed E-state index contributed by atoms with van der Waals surface area (Å²) in [6, 6.07) is 8.32. The first-order valence-corrected chi connectivity index (χ1v) is 8.81. The van der Waals surface area contributed by atoms with Gasteiger partial charge in [0.05, 0.1) is 19.7 Å². The van der Waals surface area contributed by atoms with Gasteiger partial charge in [-0.25, -0.2) is 0 Å². The van der Waals surface area contributed by atoms with Crippen LogP contribution < -0.4 is 15.4 Å². The zero-order chi connectivity index (χ0) is 17.9. The van der Waals surface area contributed by atoms with Gasteiger partial charge in [0.25, 0.3) is 0 Å². The number of nitrogens with zero attached hydrogens (tertiary/aromatic N) is 2. The predicted octanol–water partition coefficient (Wildman–Crippen LogP) is 3.52. The summed E-state index contributed by atoms with van der Waals surface area (Å²) < 4.78 is 5.52. The smallest absolute Gasteiger partial charge is 0.191 e. The van der Waals surface area contributed by atoms with Crippen LogP contribution in [0.25, 0.3) is 0 Å². The summed E-state index contributed by atoms with van der Waals surface area (Å²) in [5, 5.41) is 6.74. The van der Waals surface area contributed by atoms with Crippen molar-refractivity contribution in [2.24, 2.45) is 10.9 Å². The van der Waals surface area contributed by atoms with Crippen LogP contribution in [0.2, 0.25) is 0 Å². The van der Waals surface area contributed by atoms with Gasteiger partial charge in [0, 0.05) is 18.7 Å². The third kappa shape index (κ3) is 8.76. The number of nitrogens with one attached hydrogen (secondary N) is 2. The number of methoxy groups -OCH3 is 1. The molecule has 0 aliphatic rings. The summed E-state index contributed by atoms with van der Waals surface area (Å²) in [5.74, 6) is 2.47. The van der Waals surface area contributed by atoms with Crippen LogP contribution in [0.3, 0.4) is 0 Å². The lowest BCUT2D eigenvalue weighted by atomic mass is 10.0. The largest absolute Gasteiger partial charge is 0.496 e. The third-order valence-corrected chi connectivity index (χ3v) is 3.90. The highest BCUT2D eigenvalue weighted by Crippen LogP contribution is 2.28. The number of rotatable bonds is 9. The Labute approximate surface area is 170 Å². The first kappa shape index (κ1) is 24.0. The Balaban J connectivity index is 0.00000576. The third-order valence-electron chi connectivity index (χ3n) is 3.90. The van der Waals surface area contributed by atoms with E-state index in [1.165, 1.54) is 0 Å². The maximum absolute atomic E-state index is 5.52. The van der Waals surface area contributed by atoms with Gasteiger partial charge in [0.1, 0.15) is 5.75 Å². The van der Waals surface area contributed by atoms with Gasteiger partial charge < -0.3 is 20.3 Å². The topological polar surface area (TPSA) is 48.9 Å². The molecule has 0 saturated heterocycles. The lowest BCUT2D eigenvalue weighted by molar-refractivity contribution is 0.295. The van der Waals surface area contributed by atoms with Crippen LogP contribution in [0, 0.1) is 5.92 Å². The van der Waals surface area contributed by atoms with E-state index >= 15 is 0 Å². The van der Waals surface area contributed by atoms with Crippen molar-refractivity contribution in [1.82, 2.24) is 15.5 Å². The first-order chi connectivity index (χ1) is 11.5. The molecule has 0 heterocycles. The van der Waals surface area contributed by atoms with Crippen LogP contribution in [0.15, 0.2) is 29.3 Å². The van der Waals surface area contributed by atoms with Crippen LogP contribution in [0.4, 0.5) is 0 Å². The number of para-hydroxylation sites is 1. The fraction of sp³-hybridized carbons (Fsp3) is 0.632. The molecule has 0 fully saturated rings. The van der Waals surface area contributed by atoms with Crippen molar-refractivity contribution in [2.45, 2.75) is 33.2 Å². The van der Waals surface area contributed by atoms with Crippen molar-refractivity contribution in [3.63, 3.8) is 0 Å². The molecule has 1 atom stereocenters. The molecule has 144 valence electrons. The predicted molar refractivity (Wildman–Crippen MR) is 118 cm³/mol. The molecule has 0 radical (unpaired) electrons. The van der Waals surface area contributed by atoms with Crippen molar-refractivity contribution in [1.29, 1.82) is 0 Å². The molecule has 1 unspecified atom stereocenters. The number of likely N-dealkylation sites (N-methyl/N-ethyl adjacent to an activating group) is 1. The molecule has 0 aliphatic heterocycles. The van der Waals surface area contributed by atoms with E-state index in [2.05, 4.69) is 56.5 Å². The Hall–Kier alpha value is -1.02. The average Bonchev–Trinajstić information content (AvgIpc) is 2.54. The Kier molecular flexibility index (Phi) is 12.7. The van der Waals surface area contributed by atoms with Crippen LogP contribution in [0.5, 0.6) is 5.75 Å². The van der Waals surface area contributed by atoms with E-state index < -0.39 is 0 Å². The maximum Gasteiger partial charge on any atom is 0.191 e. The summed E-state index contributed by atoms with van der Waals surface area (Å²) in [4.78, 5) is 6.96. The van der Waals surface area contributed by atoms with Gasteiger partial charge in [0.2, 0.25) is 0 Å². The normalized spacial score (nSPS) is 12.7. The second-order valence-corrected chi connectivity index (χ2v) is 6.55. The van der Waals surface area contributed by atoms with Crippen molar-refractivity contribution in [3.8, 4) is 5.75 Å². The molecule has 0 saturated carbocycles. The molecule has 2 N–H and O–H groups in total. The minimum Gasteiger partial charge on any atom is -0.496 e. The molecule has 5 nitrogen and oxygen atoms in total. The van der Waals surface area contributed by atoms with Crippen molar-refractivity contribution in [3.05, 3.63) is 29.8 Å². The Morgan fingerprint density at radius 1 is 1.20 bits per heavy atom. The van der Waals surface area contributed by atoms with Gasteiger partial charge in [-0.1, -0.05) is 32.0 Å². The Morgan fingerprint density at radius 2 is 1.88 bits per heavy atom. The van der Waals surface area contributed by atoms with Crippen LogP contribution in [-0.4, -0.2) is 51.7 Å². The van der Waals surface area contributed by atoms with Crippen LogP contribution in [-0.2, 0) is 0 Å². The van der Waals surface area contributed by atoms with E-state index in [1.54, 1.807) is 7.11 Å². The fourth-order valence-electron chi connectivity index (χ4n) is 2.48. The second-order valence-electron chi connectivity index (χ2n) is 6.55. The molecule has 1 aromatic rings. The summed E-state index contributed by atoms with van der Waals surface area (Å²) in [6.45, 7) is 9.01. The summed E-state index contributed by atoms with van der Waals surface area (Å²) in [6.07, 6.45) is 1.13. The number of hydrogen-bond acceptors (Lipinski definition) is 3. The Bertz CT molecular complexity index is 506. The molecule has 1 aromatic carbocycles. The highest BCUT2D eigenvalue weighted by Gasteiger charge is 2.18. The van der Waals surface area contributed by atoms with Gasteiger partial charge in [-0.2, -0.15) is 0 Å². The van der Waals surface area contributed by atoms with Crippen molar-refractivity contribution >= 4 is 29.9 Å². The molecule has 1 rings (SSSR count). The molecule has 0 bridgehead atoms. The second kappa shape index (κ2) is 13.2. The lowest BCUT2D eigenvalue weighted by Crippen LogP contribution is -2.38. The Morgan fingerprint density at radius 3 is 2.44 bits per heavy atom. The molecule has 0 spiro atoms. The molecular formula is C19H35IN4O. The van der Waals surface area contributed by atoms with E-state index in [4.69, 9.17) is 9.73 Å². The molecule has 25 heavy (non-hydrogen) atoms. The number of ether oxygens (including phenoxy) is 1. The van der Waals surface area contributed by atoms with E-state index in [9.17, 15) is 0 Å². The fourth-order valence-corrected chi connectivity index (χ4v) is 2.48. The highest BCUT2D eigenvalue weighted by molar-refractivity contribution is 14.0. The SMILES string of the molecule is CCNC(=NCC(c1ccccc1OC)N(C)C)NCCC(C)C.I. The van der Waals surface area contributed by atoms with Crippen LogP contribution >= 0.6 is 24.0 Å². The number of halogens is 1. The monoisotopic (exact) mass is 462 g/mol. The van der Waals surface area contributed by atoms with Crippen molar-refractivity contribution < 1.29 is 4.74 Å². The molecule has 0 aliphatic carbocycles. The molecule has 6 heteroatoms. The summed E-state index contributed by atoms with van der Waals surface area (Å²) in [5.41, 5.74) is 1.16. The first-order valence-electron chi connectivity index (χ1n) is 8.81. The van der Waals surface area contributed by atoms with Crippen LogP contribution in [0.1, 0.15) is 38.8 Å². The average molecular weight is 462 g/mol. The number of benzene rings is 1. The van der Waals surface area contributed by atoms with E-state index in [0.717, 1.165) is 36.8 Å². The van der Waals surface area contributed by atoms with E-state index in [-0.39, 0.29) is 30.0 Å². The lowest BCUT2D eigenvalue weighted by Gasteiger charge is -2.25. The van der Waals surface area contributed by atoms with E-state index in [0.29, 0.717) is 12.5 Å². The van der Waals surface area contributed by atoms with E-state index in [1.807, 2.05) is 18.2 Å². The standard InChI is InChI=1S/C19H34N4O.HI/c1-7-20-19(21-13-12-15(2)3)22-14-17(23(4)5)16-10-8-9-11-18(16)24-6;/h8-11,15,17H,7,12-14H2,1-6H3,(H2,20,21,22);1H. The minimum absolute atomic E-state index is 0. The van der Waals surface area contributed by atoms with Gasteiger partial charge in [-0.15, -0.1) is 24.0 Å². The summed E-state index contributed by atoms with van der Waals surface area (Å²) in [7, 11) is 5.86.